The first kappa shape index (κ1) is 19.8. The highest BCUT2D eigenvalue weighted by molar-refractivity contribution is 6.01. The molecule has 27 heavy (non-hydrogen) atoms. The van der Waals surface area contributed by atoms with Crippen LogP contribution in [0.2, 0.25) is 0 Å². The van der Waals surface area contributed by atoms with Crippen molar-refractivity contribution in [2.75, 3.05) is 27.9 Å². The molecular formula is C19H21N3O5. The minimum absolute atomic E-state index is 0.218. The van der Waals surface area contributed by atoms with Gasteiger partial charge in [-0.2, -0.15) is 5.10 Å². The van der Waals surface area contributed by atoms with Crippen LogP contribution in [0.4, 0.5) is 0 Å². The topological polar surface area (TPSA) is 98.2 Å². The van der Waals surface area contributed by atoms with Crippen LogP contribution in [0, 0.1) is 0 Å². The molecule has 0 unspecified atom stereocenters. The van der Waals surface area contributed by atoms with E-state index in [0.717, 1.165) is 5.56 Å². The number of carbonyl (C=O) groups is 2. The number of methoxy groups -OCH3 is 3. The third kappa shape index (κ3) is 5.46. The molecule has 0 bridgehead atoms. The van der Waals surface area contributed by atoms with Crippen LogP contribution in [0.5, 0.6) is 17.2 Å². The van der Waals surface area contributed by atoms with Crippen molar-refractivity contribution >= 4 is 18.0 Å². The Morgan fingerprint density at radius 1 is 1.00 bits per heavy atom. The molecule has 0 radical (unpaired) electrons. The molecule has 0 aliphatic rings. The van der Waals surface area contributed by atoms with Crippen LogP contribution in [0.25, 0.3) is 0 Å². The summed E-state index contributed by atoms with van der Waals surface area (Å²) in [6.45, 7) is -0.254. The van der Waals surface area contributed by atoms with Gasteiger partial charge in [-0.25, -0.2) is 5.43 Å². The van der Waals surface area contributed by atoms with E-state index in [-0.39, 0.29) is 12.1 Å². The lowest BCUT2D eigenvalue weighted by molar-refractivity contribution is -0.120. The minimum atomic E-state index is -0.490. The summed E-state index contributed by atoms with van der Waals surface area (Å²) in [7, 11) is 4.47. The van der Waals surface area contributed by atoms with Gasteiger partial charge in [0.2, 0.25) is 0 Å². The molecule has 0 saturated carbocycles. The van der Waals surface area contributed by atoms with Gasteiger partial charge in [-0.15, -0.1) is 0 Å². The number of nitrogens with zero attached hydrogens (tertiary/aromatic N) is 1. The van der Waals surface area contributed by atoms with Crippen molar-refractivity contribution < 1.29 is 23.8 Å². The maximum absolute atomic E-state index is 12.4. The summed E-state index contributed by atoms with van der Waals surface area (Å²) in [5, 5.41) is 6.36. The van der Waals surface area contributed by atoms with E-state index < -0.39 is 11.8 Å². The summed E-state index contributed by atoms with van der Waals surface area (Å²) < 4.78 is 15.5. The second kappa shape index (κ2) is 9.81. The first-order valence-corrected chi connectivity index (χ1v) is 8.04. The third-order valence-electron chi connectivity index (χ3n) is 3.56. The zero-order chi connectivity index (χ0) is 19.6. The summed E-state index contributed by atoms with van der Waals surface area (Å²) in [4.78, 5) is 24.2. The lowest BCUT2D eigenvalue weighted by Crippen LogP contribution is -2.35. The molecule has 2 aromatic carbocycles. The summed E-state index contributed by atoms with van der Waals surface area (Å²) >= 11 is 0. The number of amides is 2. The molecule has 0 heterocycles. The lowest BCUT2D eigenvalue weighted by Gasteiger charge is -2.12. The Bertz CT molecular complexity index is 814. The SMILES string of the molecule is COc1cccc(/C=N/NC(=O)CNC(=O)c2c(OC)cccc2OC)c1. The van der Waals surface area contributed by atoms with E-state index in [2.05, 4.69) is 15.8 Å². The van der Waals surface area contributed by atoms with Crippen LogP contribution in [0.15, 0.2) is 47.6 Å². The monoisotopic (exact) mass is 371 g/mol. The van der Waals surface area contributed by atoms with Gasteiger partial charge in [0.25, 0.3) is 11.8 Å². The van der Waals surface area contributed by atoms with Crippen molar-refractivity contribution in [3.63, 3.8) is 0 Å². The number of carbonyl (C=O) groups excluding carboxylic acids is 2. The Hall–Kier alpha value is -3.55. The standard InChI is InChI=1S/C19H21N3O5/c1-25-14-7-4-6-13(10-14)11-21-22-17(23)12-20-19(24)18-15(26-2)8-5-9-16(18)27-3/h4-11H,12H2,1-3H3,(H,20,24)(H,22,23)/b21-11+. The van der Waals surface area contributed by atoms with Crippen LogP contribution >= 0.6 is 0 Å². The molecule has 0 saturated heterocycles. The summed E-state index contributed by atoms with van der Waals surface area (Å²) in [6.07, 6.45) is 1.48. The Labute approximate surface area is 157 Å². The molecule has 2 aromatic rings. The van der Waals surface area contributed by atoms with Gasteiger partial charge in [-0.1, -0.05) is 18.2 Å². The molecule has 2 rings (SSSR count). The van der Waals surface area contributed by atoms with Crippen LogP contribution in [0.3, 0.4) is 0 Å². The lowest BCUT2D eigenvalue weighted by atomic mass is 10.1. The van der Waals surface area contributed by atoms with Crippen molar-refractivity contribution in [1.82, 2.24) is 10.7 Å². The number of hydrogen-bond donors (Lipinski definition) is 2. The second-order valence-electron chi connectivity index (χ2n) is 5.29. The van der Waals surface area contributed by atoms with E-state index in [0.29, 0.717) is 17.2 Å². The van der Waals surface area contributed by atoms with Crippen LogP contribution < -0.4 is 25.0 Å². The minimum Gasteiger partial charge on any atom is -0.497 e. The Morgan fingerprint density at radius 3 is 2.30 bits per heavy atom. The van der Waals surface area contributed by atoms with Crippen molar-refractivity contribution in [2.45, 2.75) is 0 Å². The molecular weight excluding hydrogens is 350 g/mol. The van der Waals surface area contributed by atoms with Crippen molar-refractivity contribution in [1.29, 1.82) is 0 Å². The van der Waals surface area contributed by atoms with Gasteiger partial charge in [0.05, 0.1) is 34.1 Å². The predicted molar refractivity (Wildman–Crippen MR) is 101 cm³/mol. The molecule has 0 aromatic heterocycles. The van der Waals surface area contributed by atoms with Crippen molar-refractivity contribution in [2.24, 2.45) is 5.10 Å². The van der Waals surface area contributed by atoms with E-state index in [9.17, 15) is 9.59 Å². The normalized spacial score (nSPS) is 10.3. The third-order valence-corrected chi connectivity index (χ3v) is 3.56. The Kier molecular flexibility index (Phi) is 7.18. The molecule has 0 spiro atoms. The summed E-state index contributed by atoms with van der Waals surface area (Å²) in [5.74, 6) is 0.419. The van der Waals surface area contributed by atoms with Gasteiger partial charge in [0.1, 0.15) is 22.8 Å². The highest BCUT2D eigenvalue weighted by Gasteiger charge is 2.18. The van der Waals surface area contributed by atoms with Gasteiger partial charge in [-0.3, -0.25) is 9.59 Å². The van der Waals surface area contributed by atoms with Crippen LogP contribution in [-0.4, -0.2) is 45.9 Å². The number of hydrogen-bond acceptors (Lipinski definition) is 6. The summed E-state index contributed by atoms with van der Waals surface area (Å²) in [5.41, 5.74) is 3.32. The Balaban J connectivity index is 1.92. The number of ether oxygens (including phenoxy) is 3. The smallest absolute Gasteiger partial charge is 0.259 e. The van der Waals surface area contributed by atoms with Gasteiger partial charge >= 0.3 is 0 Å². The quantitative estimate of drug-likeness (QED) is 0.542. The average Bonchev–Trinajstić information content (AvgIpc) is 2.71. The molecule has 0 aliphatic heterocycles. The van der Waals surface area contributed by atoms with Gasteiger partial charge in [-0.05, 0) is 29.8 Å². The second-order valence-corrected chi connectivity index (χ2v) is 5.29. The zero-order valence-electron chi connectivity index (χ0n) is 15.3. The first-order valence-electron chi connectivity index (χ1n) is 8.04. The largest absolute Gasteiger partial charge is 0.497 e. The molecule has 0 atom stereocenters. The fourth-order valence-corrected chi connectivity index (χ4v) is 2.26. The molecule has 2 amide bonds. The Morgan fingerprint density at radius 2 is 1.67 bits per heavy atom. The highest BCUT2D eigenvalue weighted by Crippen LogP contribution is 2.27. The molecule has 8 nitrogen and oxygen atoms in total. The van der Waals surface area contributed by atoms with Gasteiger partial charge < -0.3 is 19.5 Å². The fraction of sp³-hybridized carbons (Fsp3) is 0.211. The summed E-state index contributed by atoms with van der Waals surface area (Å²) in [6, 6.07) is 12.2. The number of nitrogens with one attached hydrogen (secondary N) is 2. The van der Waals surface area contributed by atoms with Crippen molar-refractivity contribution in [3.8, 4) is 17.2 Å². The molecule has 2 N–H and O–H groups in total. The highest BCUT2D eigenvalue weighted by atomic mass is 16.5. The number of hydrazone groups is 1. The van der Waals surface area contributed by atoms with E-state index in [4.69, 9.17) is 14.2 Å². The van der Waals surface area contributed by atoms with Crippen molar-refractivity contribution in [3.05, 3.63) is 53.6 Å². The van der Waals surface area contributed by atoms with Crippen LogP contribution in [0.1, 0.15) is 15.9 Å². The predicted octanol–water partition coefficient (Wildman–Crippen LogP) is 1.59. The van der Waals surface area contributed by atoms with Gasteiger partial charge in [0.15, 0.2) is 0 Å². The van der Waals surface area contributed by atoms with E-state index >= 15 is 0 Å². The molecule has 0 fully saturated rings. The maximum Gasteiger partial charge on any atom is 0.259 e. The van der Waals surface area contributed by atoms with Gasteiger partial charge in [0, 0.05) is 0 Å². The molecule has 8 heteroatoms. The van der Waals surface area contributed by atoms with E-state index in [1.54, 1.807) is 37.4 Å². The first-order chi connectivity index (χ1) is 13.1. The van der Waals surface area contributed by atoms with E-state index in [1.165, 1.54) is 20.4 Å². The van der Waals surface area contributed by atoms with E-state index in [1.807, 2.05) is 12.1 Å². The van der Waals surface area contributed by atoms with Crippen LogP contribution in [-0.2, 0) is 4.79 Å². The average molecular weight is 371 g/mol. The fourth-order valence-electron chi connectivity index (χ4n) is 2.26. The maximum atomic E-state index is 12.4. The molecule has 0 aliphatic carbocycles. The zero-order valence-corrected chi connectivity index (χ0v) is 15.3. The number of benzene rings is 2. The molecule has 142 valence electrons. The number of rotatable bonds is 8.